The zero-order chi connectivity index (χ0) is 38.1. The lowest BCUT2D eigenvalue weighted by molar-refractivity contribution is -0.138. The molecule has 0 aliphatic heterocycles. The Kier molecular flexibility index (Phi) is 12.3. The van der Waals surface area contributed by atoms with Crippen LogP contribution in [0.1, 0.15) is 60.6 Å². The predicted octanol–water partition coefficient (Wildman–Crippen LogP) is 9.27. The van der Waals surface area contributed by atoms with Crippen molar-refractivity contribution in [2.45, 2.75) is 32.0 Å². The molecule has 5 aromatic carbocycles. The summed E-state index contributed by atoms with van der Waals surface area (Å²) in [6.45, 7) is 0.0460. The number of ether oxygens (including phenoxy) is 2. The number of carbonyl (C=O) groups excluding carboxylic acids is 4. The Balaban J connectivity index is 1.23. The number of hydrogen-bond donors (Lipinski definition) is 1. The van der Waals surface area contributed by atoms with Gasteiger partial charge >= 0.3 is 18.1 Å². The Labute approximate surface area is 309 Å². The second-order valence-corrected chi connectivity index (χ2v) is 12.6. The highest BCUT2D eigenvalue weighted by molar-refractivity contribution is 6.30. The molecule has 0 atom stereocenters. The van der Waals surface area contributed by atoms with Crippen LogP contribution in [0.4, 0.5) is 18.9 Å². The number of aryl methyl sites for hydroxylation is 1. The number of halogens is 4. The molecule has 8 nitrogen and oxygen atoms in total. The van der Waals surface area contributed by atoms with Crippen LogP contribution in [0, 0.1) is 0 Å². The van der Waals surface area contributed by atoms with E-state index in [1.807, 2.05) is 0 Å². The Bertz CT molecular complexity index is 2120. The van der Waals surface area contributed by atoms with Crippen molar-refractivity contribution >= 4 is 41.0 Å². The second kappa shape index (κ2) is 17.1. The molecule has 0 heterocycles. The summed E-state index contributed by atoms with van der Waals surface area (Å²) in [5, 5.41) is 3.08. The highest BCUT2D eigenvalue weighted by Crippen LogP contribution is 2.37. The third-order valence-electron chi connectivity index (χ3n) is 8.08. The molecule has 5 aromatic rings. The molecule has 0 aliphatic rings. The van der Waals surface area contributed by atoms with Gasteiger partial charge in [-0.25, -0.2) is 4.79 Å². The monoisotopic (exact) mass is 742 g/mol. The first-order valence-corrected chi connectivity index (χ1v) is 16.8. The molecule has 12 heteroatoms. The SMILES string of the molecule is CN(C)C(=O)c1cc(CCCC(=O)Oc2ccc(C(=O)OCc3cccc(Cl)c3)cc2)ccc1NC(=O)c1c(-c2ccccc2)cccc1C(F)(F)F. The maximum atomic E-state index is 14.1. The summed E-state index contributed by atoms with van der Waals surface area (Å²) < 4.78 is 53.2. The maximum absolute atomic E-state index is 14.1. The number of amides is 2. The minimum Gasteiger partial charge on any atom is -0.457 e. The van der Waals surface area contributed by atoms with E-state index >= 15 is 0 Å². The van der Waals surface area contributed by atoms with Gasteiger partial charge in [0, 0.05) is 25.5 Å². The lowest BCUT2D eigenvalue weighted by Gasteiger charge is -2.19. The number of rotatable bonds is 12. The summed E-state index contributed by atoms with van der Waals surface area (Å²) in [6, 6.07) is 29.3. The summed E-state index contributed by atoms with van der Waals surface area (Å²) in [7, 11) is 3.03. The molecule has 0 aromatic heterocycles. The number of anilines is 1. The predicted molar refractivity (Wildman–Crippen MR) is 195 cm³/mol. The maximum Gasteiger partial charge on any atom is 0.417 e. The molecule has 53 heavy (non-hydrogen) atoms. The van der Waals surface area contributed by atoms with Crippen LogP contribution in [0.3, 0.4) is 0 Å². The van der Waals surface area contributed by atoms with Gasteiger partial charge in [-0.15, -0.1) is 0 Å². The summed E-state index contributed by atoms with van der Waals surface area (Å²) >= 11 is 5.96. The first-order chi connectivity index (χ1) is 25.3. The molecule has 0 saturated heterocycles. The molecular weight excluding hydrogens is 709 g/mol. The summed E-state index contributed by atoms with van der Waals surface area (Å²) in [5.41, 5.74) is 0.602. The van der Waals surface area contributed by atoms with Crippen LogP contribution in [0.5, 0.6) is 5.75 Å². The van der Waals surface area contributed by atoms with E-state index in [-0.39, 0.29) is 41.2 Å². The molecule has 272 valence electrons. The average molecular weight is 743 g/mol. The quantitative estimate of drug-likeness (QED) is 0.101. The van der Waals surface area contributed by atoms with Crippen LogP contribution in [0.15, 0.2) is 115 Å². The molecule has 2 amide bonds. The zero-order valence-corrected chi connectivity index (χ0v) is 29.5. The first kappa shape index (κ1) is 38.3. The fourth-order valence-corrected chi connectivity index (χ4v) is 5.70. The second-order valence-electron chi connectivity index (χ2n) is 12.2. The Hall–Kier alpha value is -5.94. The molecule has 1 N–H and O–H groups in total. The van der Waals surface area contributed by atoms with E-state index in [1.54, 1.807) is 66.7 Å². The molecule has 0 bridgehead atoms. The number of hydrogen-bond acceptors (Lipinski definition) is 6. The fraction of sp³-hybridized carbons (Fsp3) is 0.171. The minimum absolute atomic E-state index is 0.0232. The van der Waals surface area contributed by atoms with Crippen molar-refractivity contribution in [1.29, 1.82) is 0 Å². The van der Waals surface area contributed by atoms with E-state index in [4.69, 9.17) is 21.1 Å². The largest absolute Gasteiger partial charge is 0.457 e. The first-order valence-electron chi connectivity index (χ1n) is 16.4. The molecule has 5 rings (SSSR count). The number of esters is 2. The van der Waals surface area contributed by atoms with Crippen LogP contribution in [-0.4, -0.2) is 42.7 Å². The van der Waals surface area contributed by atoms with Gasteiger partial charge in [0.15, 0.2) is 0 Å². The standard InChI is InChI=1S/C41H34ClF3N2O6/c1-47(2)39(50)33-24-26(9-7-16-36(48)53-31-20-18-29(19-21-31)40(51)52-25-27-10-6-13-30(42)23-27)17-22-35(33)46-38(49)37-32(28-11-4-3-5-12-28)14-8-15-34(37)41(43,44)45/h3-6,8,10-15,17-24H,7,9,16,25H2,1-2H3,(H,46,49). The van der Waals surface area contributed by atoms with Crippen LogP contribution < -0.4 is 10.1 Å². The van der Waals surface area contributed by atoms with E-state index in [2.05, 4.69) is 5.32 Å². The normalized spacial score (nSPS) is 11.1. The highest BCUT2D eigenvalue weighted by Gasteiger charge is 2.37. The Morgan fingerprint density at radius 1 is 0.792 bits per heavy atom. The van der Waals surface area contributed by atoms with Gasteiger partial charge in [-0.2, -0.15) is 13.2 Å². The van der Waals surface area contributed by atoms with Gasteiger partial charge in [0.25, 0.3) is 11.8 Å². The van der Waals surface area contributed by atoms with Gasteiger partial charge < -0.3 is 19.7 Å². The van der Waals surface area contributed by atoms with E-state index in [1.165, 1.54) is 61.5 Å². The third kappa shape index (κ3) is 10.1. The lowest BCUT2D eigenvalue weighted by Crippen LogP contribution is -2.25. The smallest absolute Gasteiger partial charge is 0.417 e. The topological polar surface area (TPSA) is 102 Å². The minimum atomic E-state index is -4.82. The third-order valence-corrected chi connectivity index (χ3v) is 8.31. The van der Waals surface area contributed by atoms with Crippen molar-refractivity contribution in [1.82, 2.24) is 4.90 Å². The van der Waals surface area contributed by atoms with Gasteiger partial charge in [-0.05, 0) is 89.7 Å². The molecule has 0 radical (unpaired) electrons. The number of carbonyl (C=O) groups is 4. The summed E-state index contributed by atoms with van der Waals surface area (Å²) in [4.78, 5) is 53.1. The van der Waals surface area contributed by atoms with Gasteiger partial charge in [-0.1, -0.05) is 72.3 Å². The summed E-state index contributed by atoms with van der Waals surface area (Å²) in [5.74, 6) is -2.34. The van der Waals surface area contributed by atoms with E-state index in [9.17, 15) is 32.3 Å². The highest BCUT2D eigenvalue weighted by atomic mass is 35.5. The number of nitrogens with one attached hydrogen (secondary N) is 1. The van der Waals surface area contributed by atoms with Crippen LogP contribution in [0.2, 0.25) is 5.02 Å². The fourth-order valence-electron chi connectivity index (χ4n) is 5.49. The van der Waals surface area contributed by atoms with E-state index in [0.717, 1.165) is 11.6 Å². The van der Waals surface area contributed by atoms with Crippen molar-refractivity contribution in [2.75, 3.05) is 19.4 Å². The molecule has 0 aliphatic carbocycles. The molecule has 0 fully saturated rings. The van der Waals surface area contributed by atoms with E-state index < -0.39 is 41.1 Å². The van der Waals surface area contributed by atoms with Crippen LogP contribution >= 0.6 is 11.6 Å². The van der Waals surface area contributed by atoms with Crippen LogP contribution in [-0.2, 0) is 28.7 Å². The Morgan fingerprint density at radius 3 is 2.19 bits per heavy atom. The van der Waals surface area contributed by atoms with Gasteiger partial charge in [-0.3, -0.25) is 14.4 Å². The van der Waals surface area contributed by atoms with Crippen molar-refractivity contribution in [3.05, 3.63) is 154 Å². The molecule has 0 unspecified atom stereocenters. The molecular formula is C41H34ClF3N2O6. The Morgan fingerprint density at radius 2 is 1.51 bits per heavy atom. The van der Waals surface area contributed by atoms with E-state index in [0.29, 0.717) is 29.0 Å². The zero-order valence-electron chi connectivity index (χ0n) is 28.7. The average Bonchev–Trinajstić information content (AvgIpc) is 3.14. The number of alkyl halides is 3. The van der Waals surface area contributed by atoms with Crippen molar-refractivity contribution in [3.63, 3.8) is 0 Å². The number of benzene rings is 5. The van der Waals surface area contributed by atoms with Gasteiger partial charge in [0.2, 0.25) is 0 Å². The number of nitrogens with zero attached hydrogens (tertiary/aromatic N) is 1. The lowest BCUT2D eigenvalue weighted by atomic mass is 9.94. The van der Waals surface area contributed by atoms with Crippen LogP contribution in [0.25, 0.3) is 11.1 Å². The van der Waals surface area contributed by atoms with Crippen molar-refractivity contribution in [2.24, 2.45) is 0 Å². The molecule has 0 saturated carbocycles. The molecule has 0 spiro atoms. The summed E-state index contributed by atoms with van der Waals surface area (Å²) in [6.07, 6.45) is -4.10. The van der Waals surface area contributed by atoms with Crippen molar-refractivity contribution in [3.8, 4) is 16.9 Å². The van der Waals surface area contributed by atoms with Gasteiger partial charge in [0.05, 0.1) is 27.9 Å². The van der Waals surface area contributed by atoms with Crippen molar-refractivity contribution < 1.29 is 41.8 Å². The van der Waals surface area contributed by atoms with Gasteiger partial charge in [0.1, 0.15) is 12.4 Å².